The van der Waals surface area contributed by atoms with Crippen LogP contribution in [-0.2, 0) is 17.7 Å². The molecule has 0 bridgehead atoms. The summed E-state index contributed by atoms with van der Waals surface area (Å²) in [5.74, 6) is 1.75. The highest BCUT2D eigenvalue weighted by Crippen LogP contribution is 2.24. The summed E-state index contributed by atoms with van der Waals surface area (Å²) in [6.45, 7) is 9.91. The maximum absolute atomic E-state index is 6.19. The van der Waals surface area contributed by atoms with Gasteiger partial charge in [0.1, 0.15) is 11.9 Å². The minimum Gasteiger partial charge on any atom is -0.488 e. The van der Waals surface area contributed by atoms with E-state index < -0.39 is 0 Å². The van der Waals surface area contributed by atoms with Crippen LogP contribution in [0.3, 0.4) is 0 Å². The van der Waals surface area contributed by atoms with E-state index in [0.29, 0.717) is 13.2 Å². The molecule has 1 aromatic heterocycles. The van der Waals surface area contributed by atoms with Crippen LogP contribution in [-0.4, -0.2) is 43.4 Å². The minimum atomic E-state index is 0.139. The maximum Gasteiger partial charge on any atom is 0.191 e. The van der Waals surface area contributed by atoms with Crippen LogP contribution in [0.1, 0.15) is 41.6 Å². The molecule has 2 heterocycles. The third kappa shape index (κ3) is 7.01. The average molecular weight is 417 g/mol. The SMILES string of the molecule is CCNC(=NCc1ccc(C)cc1OC1CCOC1)NCCCc1nc(C)cs1. The Kier molecular flexibility index (Phi) is 8.31. The first-order valence-corrected chi connectivity index (χ1v) is 11.3. The zero-order chi connectivity index (χ0) is 20.5. The molecule has 7 heteroatoms. The van der Waals surface area contributed by atoms with Gasteiger partial charge in [-0.15, -0.1) is 11.3 Å². The molecule has 1 fully saturated rings. The number of aryl methyl sites for hydroxylation is 3. The Morgan fingerprint density at radius 1 is 1.34 bits per heavy atom. The molecule has 158 valence electrons. The van der Waals surface area contributed by atoms with Gasteiger partial charge in [-0.05, 0) is 38.8 Å². The molecule has 0 aliphatic carbocycles. The number of guanidine groups is 1. The molecule has 0 saturated carbocycles. The summed E-state index contributed by atoms with van der Waals surface area (Å²) in [4.78, 5) is 9.29. The van der Waals surface area contributed by atoms with Gasteiger partial charge in [0.25, 0.3) is 0 Å². The fourth-order valence-electron chi connectivity index (χ4n) is 3.16. The van der Waals surface area contributed by atoms with Crippen molar-refractivity contribution < 1.29 is 9.47 Å². The summed E-state index contributed by atoms with van der Waals surface area (Å²) in [5.41, 5.74) is 3.39. The zero-order valence-electron chi connectivity index (χ0n) is 17.7. The van der Waals surface area contributed by atoms with Gasteiger partial charge < -0.3 is 20.1 Å². The number of thiazole rings is 1. The van der Waals surface area contributed by atoms with E-state index in [-0.39, 0.29) is 6.10 Å². The van der Waals surface area contributed by atoms with E-state index in [1.807, 2.05) is 6.92 Å². The molecule has 29 heavy (non-hydrogen) atoms. The lowest BCUT2D eigenvalue weighted by Gasteiger charge is -2.16. The summed E-state index contributed by atoms with van der Waals surface area (Å²) in [5, 5.41) is 10.1. The molecule has 1 aliphatic rings. The predicted molar refractivity (Wildman–Crippen MR) is 119 cm³/mol. The van der Waals surface area contributed by atoms with E-state index >= 15 is 0 Å². The molecule has 0 amide bonds. The number of hydrogen-bond donors (Lipinski definition) is 2. The molecule has 2 aromatic rings. The van der Waals surface area contributed by atoms with Gasteiger partial charge in [-0.3, -0.25) is 0 Å². The van der Waals surface area contributed by atoms with Crippen LogP contribution < -0.4 is 15.4 Å². The predicted octanol–water partition coefficient (Wildman–Crippen LogP) is 3.62. The number of benzene rings is 1. The Balaban J connectivity index is 1.55. The molecular weight excluding hydrogens is 384 g/mol. The Labute approximate surface area is 177 Å². The van der Waals surface area contributed by atoms with E-state index in [2.05, 4.69) is 53.0 Å². The molecule has 2 N–H and O–H groups in total. The second-order valence-corrected chi connectivity index (χ2v) is 8.27. The van der Waals surface area contributed by atoms with Crippen molar-refractivity contribution in [1.29, 1.82) is 0 Å². The summed E-state index contributed by atoms with van der Waals surface area (Å²) in [7, 11) is 0. The van der Waals surface area contributed by atoms with Gasteiger partial charge >= 0.3 is 0 Å². The number of aromatic nitrogens is 1. The Bertz CT molecular complexity index is 800. The van der Waals surface area contributed by atoms with Gasteiger partial charge in [-0.1, -0.05) is 12.1 Å². The molecule has 6 nitrogen and oxygen atoms in total. The number of hydrogen-bond acceptors (Lipinski definition) is 5. The van der Waals surface area contributed by atoms with Crippen LogP contribution in [0.15, 0.2) is 28.6 Å². The molecule has 1 saturated heterocycles. The van der Waals surface area contributed by atoms with Crippen molar-refractivity contribution in [1.82, 2.24) is 15.6 Å². The summed E-state index contributed by atoms with van der Waals surface area (Å²) in [6, 6.07) is 6.32. The Morgan fingerprint density at radius 2 is 2.24 bits per heavy atom. The van der Waals surface area contributed by atoms with Gasteiger partial charge in [0, 0.05) is 42.6 Å². The molecule has 1 aliphatic heterocycles. The van der Waals surface area contributed by atoms with Crippen LogP contribution in [0.25, 0.3) is 0 Å². The second kappa shape index (κ2) is 11.2. The topological polar surface area (TPSA) is 67.8 Å². The second-order valence-electron chi connectivity index (χ2n) is 7.32. The minimum absolute atomic E-state index is 0.139. The molecule has 0 spiro atoms. The number of rotatable bonds is 9. The molecule has 1 unspecified atom stereocenters. The fourth-order valence-corrected chi connectivity index (χ4v) is 3.98. The molecule has 1 atom stereocenters. The number of ether oxygens (including phenoxy) is 2. The van der Waals surface area contributed by atoms with Crippen molar-refractivity contribution in [2.75, 3.05) is 26.3 Å². The van der Waals surface area contributed by atoms with E-state index in [4.69, 9.17) is 14.5 Å². The summed E-state index contributed by atoms with van der Waals surface area (Å²) < 4.78 is 11.6. The summed E-state index contributed by atoms with van der Waals surface area (Å²) >= 11 is 1.73. The molecule has 0 radical (unpaired) electrons. The Hall–Kier alpha value is -2.12. The molecule has 1 aromatic carbocycles. The third-order valence-corrected chi connectivity index (χ3v) is 5.71. The van der Waals surface area contributed by atoms with Crippen molar-refractivity contribution in [2.45, 2.75) is 52.7 Å². The first-order chi connectivity index (χ1) is 14.1. The van der Waals surface area contributed by atoms with Crippen LogP contribution in [0, 0.1) is 13.8 Å². The quantitative estimate of drug-likeness (QED) is 0.371. The van der Waals surface area contributed by atoms with Crippen LogP contribution >= 0.6 is 11.3 Å². The monoisotopic (exact) mass is 416 g/mol. The summed E-state index contributed by atoms with van der Waals surface area (Å²) in [6.07, 6.45) is 3.10. The smallest absolute Gasteiger partial charge is 0.191 e. The largest absolute Gasteiger partial charge is 0.488 e. The van der Waals surface area contributed by atoms with Gasteiger partial charge in [-0.2, -0.15) is 0 Å². The highest BCUT2D eigenvalue weighted by Gasteiger charge is 2.18. The van der Waals surface area contributed by atoms with E-state index in [1.165, 1.54) is 10.6 Å². The lowest BCUT2D eigenvalue weighted by atomic mass is 10.1. The van der Waals surface area contributed by atoms with E-state index in [0.717, 1.165) is 61.9 Å². The first-order valence-electron chi connectivity index (χ1n) is 10.4. The molecular formula is C22H32N4O2S. The van der Waals surface area contributed by atoms with E-state index in [1.54, 1.807) is 11.3 Å². The normalized spacial score (nSPS) is 16.8. The van der Waals surface area contributed by atoms with Gasteiger partial charge in [0.05, 0.1) is 24.8 Å². The number of nitrogens with zero attached hydrogens (tertiary/aromatic N) is 2. The van der Waals surface area contributed by atoms with Gasteiger partial charge in [0.2, 0.25) is 0 Å². The van der Waals surface area contributed by atoms with Crippen molar-refractivity contribution in [2.24, 2.45) is 4.99 Å². The lowest BCUT2D eigenvalue weighted by Crippen LogP contribution is -2.37. The van der Waals surface area contributed by atoms with Gasteiger partial charge in [-0.25, -0.2) is 9.98 Å². The maximum atomic E-state index is 6.19. The number of nitrogens with one attached hydrogen (secondary N) is 2. The average Bonchev–Trinajstić information content (AvgIpc) is 3.36. The van der Waals surface area contributed by atoms with Crippen molar-refractivity contribution in [3.63, 3.8) is 0 Å². The lowest BCUT2D eigenvalue weighted by molar-refractivity contribution is 0.140. The first kappa shape index (κ1) is 21.6. The van der Waals surface area contributed by atoms with Gasteiger partial charge in [0.15, 0.2) is 5.96 Å². The van der Waals surface area contributed by atoms with Crippen LogP contribution in [0.5, 0.6) is 5.75 Å². The van der Waals surface area contributed by atoms with Crippen molar-refractivity contribution in [3.8, 4) is 5.75 Å². The Morgan fingerprint density at radius 3 is 2.97 bits per heavy atom. The standard InChI is InChI=1S/C22H32N4O2S/c1-4-23-22(24-10-5-6-21-26-17(3)15-29-21)25-13-18-8-7-16(2)12-20(18)28-19-9-11-27-14-19/h7-8,12,15,19H,4-6,9-11,13-14H2,1-3H3,(H2,23,24,25). The van der Waals surface area contributed by atoms with Crippen LogP contribution in [0.4, 0.5) is 0 Å². The highest BCUT2D eigenvalue weighted by atomic mass is 32.1. The van der Waals surface area contributed by atoms with E-state index in [9.17, 15) is 0 Å². The number of aliphatic imine (C=N–C) groups is 1. The van der Waals surface area contributed by atoms with Crippen LogP contribution in [0.2, 0.25) is 0 Å². The van der Waals surface area contributed by atoms with Crippen molar-refractivity contribution in [3.05, 3.63) is 45.4 Å². The fraction of sp³-hybridized carbons (Fsp3) is 0.545. The zero-order valence-corrected chi connectivity index (χ0v) is 18.5. The highest BCUT2D eigenvalue weighted by molar-refractivity contribution is 7.09. The third-order valence-electron chi connectivity index (χ3n) is 4.68. The molecule has 3 rings (SSSR count). The van der Waals surface area contributed by atoms with Crippen molar-refractivity contribution >= 4 is 17.3 Å².